The molecule has 0 saturated carbocycles. The largest absolute Gasteiger partial charge is 0.389 e. The van der Waals surface area contributed by atoms with Gasteiger partial charge in [0.2, 0.25) is 0 Å². The minimum atomic E-state index is -0.627. The molecule has 0 heterocycles. The van der Waals surface area contributed by atoms with E-state index in [1.807, 2.05) is 13.8 Å². The molecule has 0 aliphatic heterocycles. The molecule has 0 saturated heterocycles. The Morgan fingerprint density at radius 1 is 1.21 bits per heavy atom. The van der Waals surface area contributed by atoms with Gasteiger partial charge >= 0.3 is 0 Å². The lowest BCUT2D eigenvalue weighted by Gasteiger charge is -2.31. The molecule has 0 aliphatic rings. The predicted octanol–water partition coefficient (Wildman–Crippen LogP) is 1.12. The summed E-state index contributed by atoms with van der Waals surface area (Å²) in [5, 5.41) is 16.7. The van der Waals surface area contributed by atoms with E-state index in [2.05, 4.69) is 31.4 Å². The number of likely N-dealkylation sites (N-methyl/N-ethyl adjacent to an activating group) is 1. The van der Waals surface area contributed by atoms with Crippen molar-refractivity contribution in [2.45, 2.75) is 58.7 Å². The normalized spacial score (nSPS) is 18.2. The average Bonchev–Trinajstić information content (AvgIpc) is 2.03. The van der Waals surface area contributed by atoms with Gasteiger partial charge in [0.25, 0.3) is 0 Å². The van der Waals surface area contributed by atoms with Crippen LogP contribution in [0.25, 0.3) is 0 Å². The molecule has 0 rings (SSSR count). The van der Waals surface area contributed by atoms with Crippen LogP contribution < -0.4 is 10.6 Å². The molecule has 0 aromatic carbocycles. The van der Waals surface area contributed by atoms with Gasteiger partial charge in [-0.25, -0.2) is 0 Å². The summed E-state index contributed by atoms with van der Waals surface area (Å²) < 4.78 is 0. The van der Waals surface area contributed by atoms with Crippen LogP contribution in [0.15, 0.2) is 0 Å². The third-order valence-electron chi connectivity index (χ3n) is 2.63. The van der Waals surface area contributed by atoms with Crippen LogP contribution in [0.2, 0.25) is 0 Å². The molecule has 0 fully saturated rings. The van der Waals surface area contributed by atoms with Gasteiger partial charge in [-0.2, -0.15) is 0 Å². The second kappa shape index (κ2) is 6.38. The number of hydrogen-bond donors (Lipinski definition) is 3. The second-order valence-electron chi connectivity index (χ2n) is 4.50. The summed E-state index contributed by atoms with van der Waals surface area (Å²) >= 11 is 0. The molecule has 0 aliphatic carbocycles. The van der Waals surface area contributed by atoms with Crippen LogP contribution in [0.1, 0.15) is 41.0 Å². The first-order chi connectivity index (χ1) is 6.40. The van der Waals surface area contributed by atoms with Crippen molar-refractivity contribution in [1.82, 2.24) is 10.6 Å². The number of aliphatic hydroxyl groups is 1. The Morgan fingerprint density at radius 3 is 2.21 bits per heavy atom. The summed E-state index contributed by atoms with van der Waals surface area (Å²) in [6, 6.07) is 0.627. The average molecular weight is 202 g/mol. The summed E-state index contributed by atoms with van der Waals surface area (Å²) in [5.74, 6) is 0. The zero-order valence-electron chi connectivity index (χ0n) is 10.2. The van der Waals surface area contributed by atoms with Crippen molar-refractivity contribution in [2.24, 2.45) is 0 Å². The van der Waals surface area contributed by atoms with Gasteiger partial charge in [-0.05, 0) is 33.4 Å². The zero-order chi connectivity index (χ0) is 11.2. The Morgan fingerprint density at radius 2 is 1.79 bits per heavy atom. The molecule has 0 spiro atoms. The summed E-state index contributed by atoms with van der Waals surface area (Å²) in [7, 11) is 0. The Balaban J connectivity index is 3.81. The highest BCUT2D eigenvalue weighted by Crippen LogP contribution is 2.13. The van der Waals surface area contributed by atoms with Gasteiger partial charge < -0.3 is 15.7 Å². The molecule has 3 nitrogen and oxygen atoms in total. The highest BCUT2D eigenvalue weighted by atomic mass is 16.3. The van der Waals surface area contributed by atoms with E-state index < -0.39 is 5.60 Å². The highest BCUT2D eigenvalue weighted by molar-refractivity contribution is 4.84. The van der Waals surface area contributed by atoms with Gasteiger partial charge in [0, 0.05) is 12.1 Å². The van der Waals surface area contributed by atoms with E-state index in [0.29, 0.717) is 6.04 Å². The molecule has 14 heavy (non-hydrogen) atoms. The quantitative estimate of drug-likeness (QED) is 0.580. The van der Waals surface area contributed by atoms with Crippen LogP contribution in [0.4, 0.5) is 0 Å². The SMILES string of the molecule is CCNC(C)C(C)(O)CCNC(C)C. The topological polar surface area (TPSA) is 44.3 Å². The van der Waals surface area contributed by atoms with Gasteiger partial charge in [-0.3, -0.25) is 0 Å². The molecule has 3 N–H and O–H groups in total. The molecule has 0 aromatic heterocycles. The minimum Gasteiger partial charge on any atom is -0.389 e. The van der Waals surface area contributed by atoms with E-state index in [0.717, 1.165) is 19.5 Å². The van der Waals surface area contributed by atoms with E-state index in [9.17, 15) is 5.11 Å². The Bertz CT molecular complexity index is 146. The van der Waals surface area contributed by atoms with Gasteiger partial charge in [-0.15, -0.1) is 0 Å². The molecular formula is C11H26N2O. The lowest BCUT2D eigenvalue weighted by atomic mass is 9.94. The fourth-order valence-electron chi connectivity index (χ4n) is 1.36. The van der Waals surface area contributed by atoms with Crippen LogP contribution in [-0.4, -0.2) is 35.9 Å². The fourth-order valence-corrected chi connectivity index (χ4v) is 1.36. The highest BCUT2D eigenvalue weighted by Gasteiger charge is 2.26. The molecule has 0 bridgehead atoms. The monoisotopic (exact) mass is 202 g/mol. The molecule has 0 amide bonds. The molecule has 2 unspecified atom stereocenters. The lowest BCUT2D eigenvalue weighted by Crippen LogP contribution is -2.48. The number of nitrogens with one attached hydrogen (secondary N) is 2. The van der Waals surface area contributed by atoms with Crippen molar-refractivity contribution in [3.8, 4) is 0 Å². The first kappa shape index (κ1) is 13.9. The molecule has 0 aromatic rings. The van der Waals surface area contributed by atoms with Crippen molar-refractivity contribution in [2.75, 3.05) is 13.1 Å². The van der Waals surface area contributed by atoms with Crippen molar-refractivity contribution in [1.29, 1.82) is 0 Å². The maximum Gasteiger partial charge on any atom is 0.0781 e. The molecule has 2 atom stereocenters. The maximum atomic E-state index is 10.1. The Hall–Kier alpha value is -0.120. The van der Waals surface area contributed by atoms with Crippen LogP contribution >= 0.6 is 0 Å². The van der Waals surface area contributed by atoms with Crippen LogP contribution in [0.3, 0.4) is 0 Å². The maximum absolute atomic E-state index is 10.1. The lowest BCUT2D eigenvalue weighted by molar-refractivity contribution is 0.0179. The fraction of sp³-hybridized carbons (Fsp3) is 1.00. The van der Waals surface area contributed by atoms with Crippen LogP contribution in [0, 0.1) is 0 Å². The third kappa shape index (κ3) is 5.58. The van der Waals surface area contributed by atoms with E-state index in [-0.39, 0.29) is 6.04 Å². The summed E-state index contributed by atoms with van der Waals surface area (Å²) in [6.45, 7) is 12.0. The standard InChI is InChI=1S/C11H26N2O/c1-6-12-10(4)11(5,14)7-8-13-9(2)3/h9-10,12-14H,6-8H2,1-5H3. The molecule has 0 radical (unpaired) electrons. The van der Waals surface area contributed by atoms with Gasteiger partial charge in [0.15, 0.2) is 0 Å². The van der Waals surface area contributed by atoms with E-state index in [1.165, 1.54) is 0 Å². The van der Waals surface area contributed by atoms with E-state index in [1.54, 1.807) is 0 Å². The summed E-state index contributed by atoms with van der Waals surface area (Å²) in [4.78, 5) is 0. The summed E-state index contributed by atoms with van der Waals surface area (Å²) in [6.07, 6.45) is 0.777. The zero-order valence-corrected chi connectivity index (χ0v) is 10.2. The smallest absolute Gasteiger partial charge is 0.0781 e. The molecular weight excluding hydrogens is 176 g/mol. The number of hydrogen-bond acceptors (Lipinski definition) is 3. The molecule has 86 valence electrons. The van der Waals surface area contributed by atoms with Gasteiger partial charge in [0.05, 0.1) is 5.60 Å². The second-order valence-corrected chi connectivity index (χ2v) is 4.50. The van der Waals surface area contributed by atoms with E-state index >= 15 is 0 Å². The minimum absolute atomic E-state index is 0.140. The Labute approximate surface area is 88.3 Å². The van der Waals surface area contributed by atoms with Crippen molar-refractivity contribution in [3.63, 3.8) is 0 Å². The van der Waals surface area contributed by atoms with Gasteiger partial charge in [0.1, 0.15) is 0 Å². The summed E-state index contributed by atoms with van der Waals surface area (Å²) in [5.41, 5.74) is -0.627. The first-order valence-corrected chi connectivity index (χ1v) is 5.59. The predicted molar refractivity (Wildman–Crippen MR) is 61.5 cm³/mol. The van der Waals surface area contributed by atoms with Crippen molar-refractivity contribution in [3.05, 3.63) is 0 Å². The van der Waals surface area contributed by atoms with E-state index in [4.69, 9.17) is 0 Å². The number of rotatable bonds is 7. The third-order valence-corrected chi connectivity index (χ3v) is 2.63. The van der Waals surface area contributed by atoms with Gasteiger partial charge in [-0.1, -0.05) is 20.8 Å². The van der Waals surface area contributed by atoms with Crippen molar-refractivity contribution >= 4 is 0 Å². The van der Waals surface area contributed by atoms with Crippen molar-refractivity contribution < 1.29 is 5.11 Å². The molecule has 3 heteroatoms. The first-order valence-electron chi connectivity index (χ1n) is 5.59. The van der Waals surface area contributed by atoms with Crippen LogP contribution in [-0.2, 0) is 0 Å². The van der Waals surface area contributed by atoms with Crippen LogP contribution in [0.5, 0.6) is 0 Å². The Kier molecular flexibility index (Phi) is 6.33.